The summed E-state index contributed by atoms with van der Waals surface area (Å²) in [5.74, 6) is 2.57. The molecule has 1 aliphatic heterocycles. The van der Waals surface area contributed by atoms with Crippen LogP contribution in [0.3, 0.4) is 0 Å². The number of benzene rings is 1. The highest BCUT2D eigenvalue weighted by molar-refractivity contribution is 5.39. The molecule has 142 valence electrons. The molecule has 0 unspecified atom stereocenters. The predicted molar refractivity (Wildman–Crippen MR) is 104 cm³/mol. The number of piperidine rings is 1. The highest BCUT2D eigenvalue weighted by atomic mass is 16.6. The van der Waals surface area contributed by atoms with Crippen molar-refractivity contribution in [2.24, 2.45) is 0 Å². The van der Waals surface area contributed by atoms with E-state index in [-0.39, 0.29) is 10.6 Å². The Morgan fingerprint density at radius 1 is 1.22 bits per heavy atom. The van der Waals surface area contributed by atoms with E-state index >= 15 is 0 Å². The van der Waals surface area contributed by atoms with Crippen LogP contribution in [-0.2, 0) is 6.54 Å². The summed E-state index contributed by atoms with van der Waals surface area (Å²) in [6, 6.07) is 9.42. The van der Waals surface area contributed by atoms with Gasteiger partial charge in [-0.15, -0.1) is 0 Å². The molecule has 0 spiro atoms. The molecule has 1 aliphatic carbocycles. The van der Waals surface area contributed by atoms with Crippen LogP contribution < -0.4 is 4.90 Å². The molecule has 1 saturated heterocycles. The summed E-state index contributed by atoms with van der Waals surface area (Å²) < 4.78 is 0. The van der Waals surface area contributed by atoms with Gasteiger partial charge in [0.15, 0.2) is 0 Å². The number of hydrogen-bond donors (Lipinski definition) is 0. The number of likely N-dealkylation sites (tertiary alicyclic amines) is 1. The Hall–Kier alpha value is -2.54. The predicted octanol–water partition coefficient (Wildman–Crippen LogP) is 3.36. The van der Waals surface area contributed by atoms with Gasteiger partial charge in [0.25, 0.3) is 5.69 Å². The van der Waals surface area contributed by atoms with Crippen LogP contribution >= 0.6 is 0 Å². The third-order valence-corrected chi connectivity index (χ3v) is 5.60. The molecule has 1 aromatic carbocycles. The molecule has 2 heterocycles. The summed E-state index contributed by atoms with van der Waals surface area (Å²) in [7, 11) is 2.12. The van der Waals surface area contributed by atoms with E-state index in [0.717, 1.165) is 49.7 Å². The quantitative estimate of drug-likeness (QED) is 0.576. The fourth-order valence-electron chi connectivity index (χ4n) is 3.78. The maximum atomic E-state index is 10.9. The fraction of sp³-hybridized carbons (Fsp3) is 0.500. The molecule has 4 rings (SSSR count). The minimum absolute atomic E-state index is 0.164. The molecule has 7 nitrogen and oxygen atoms in total. The van der Waals surface area contributed by atoms with Gasteiger partial charge in [0.2, 0.25) is 0 Å². The van der Waals surface area contributed by atoms with E-state index < -0.39 is 0 Å². The third kappa shape index (κ3) is 4.24. The summed E-state index contributed by atoms with van der Waals surface area (Å²) in [5.41, 5.74) is 1.17. The largest absolute Gasteiger partial charge is 0.356 e. The van der Waals surface area contributed by atoms with E-state index in [1.807, 2.05) is 18.3 Å². The van der Waals surface area contributed by atoms with Gasteiger partial charge in [0.1, 0.15) is 11.6 Å². The molecule has 0 amide bonds. The SMILES string of the molecule is CN(c1ccnc(C2CC2)n1)C1CCN(Cc2cccc([N+](=O)[O-])c2)CC1. The summed E-state index contributed by atoms with van der Waals surface area (Å²) >= 11 is 0. The zero-order valence-corrected chi connectivity index (χ0v) is 15.6. The summed E-state index contributed by atoms with van der Waals surface area (Å²) in [4.78, 5) is 24.5. The van der Waals surface area contributed by atoms with Crippen molar-refractivity contribution in [2.45, 2.75) is 44.2 Å². The highest BCUT2D eigenvalue weighted by Gasteiger charge is 2.28. The zero-order chi connectivity index (χ0) is 18.8. The summed E-state index contributed by atoms with van der Waals surface area (Å²) in [6.07, 6.45) is 6.43. The lowest BCUT2D eigenvalue weighted by Gasteiger charge is -2.37. The minimum atomic E-state index is -0.331. The van der Waals surface area contributed by atoms with Crippen molar-refractivity contribution in [3.8, 4) is 0 Å². The molecule has 1 saturated carbocycles. The number of hydrogen-bond acceptors (Lipinski definition) is 6. The van der Waals surface area contributed by atoms with Gasteiger partial charge < -0.3 is 4.90 Å². The number of anilines is 1. The molecule has 2 aliphatic rings. The molecule has 7 heteroatoms. The van der Waals surface area contributed by atoms with E-state index in [4.69, 9.17) is 4.98 Å². The number of rotatable bonds is 6. The van der Waals surface area contributed by atoms with E-state index in [1.54, 1.807) is 18.2 Å². The molecular weight excluding hydrogens is 342 g/mol. The van der Waals surface area contributed by atoms with E-state index in [2.05, 4.69) is 21.8 Å². The summed E-state index contributed by atoms with van der Waals surface area (Å²) in [5, 5.41) is 10.9. The van der Waals surface area contributed by atoms with Crippen molar-refractivity contribution in [3.05, 3.63) is 58.0 Å². The van der Waals surface area contributed by atoms with Gasteiger partial charge in [-0.25, -0.2) is 9.97 Å². The van der Waals surface area contributed by atoms with E-state index in [0.29, 0.717) is 12.0 Å². The minimum Gasteiger partial charge on any atom is -0.356 e. The maximum Gasteiger partial charge on any atom is 0.269 e. The van der Waals surface area contributed by atoms with Gasteiger partial charge in [-0.2, -0.15) is 0 Å². The van der Waals surface area contributed by atoms with Crippen LogP contribution in [0.25, 0.3) is 0 Å². The van der Waals surface area contributed by atoms with Gasteiger partial charge in [0, 0.05) is 57.0 Å². The summed E-state index contributed by atoms with van der Waals surface area (Å²) in [6.45, 7) is 2.73. The standard InChI is InChI=1S/C20H25N5O2/c1-23(19-7-10-21-20(22-19)16-5-6-16)17-8-11-24(12-9-17)14-15-3-2-4-18(13-15)25(26)27/h2-4,7,10,13,16-17H,5-6,8-9,11-12,14H2,1H3. The topological polar surface area (TPSA) is 75.4 Å². The maximum absolute atomic E-state index is 10.9. The van der Waals surface area contributed by atoms with Crippen LogP contribution in [-0.4, -0.2) is 46.0 Å². The van der Waals surface area contributed by atoms with Crippen molar-refractivity contribution >= 4 is 11.5 Å². The Bertz CT molecular complexity index is 816. The lowest BCUT2D eigenvalue weighted by molar-refractivity contribution is -0.384. The second-order valence-electron chi connectivity index (χ2n) is 7.59. The Balaban J connectivity index is 1.34. The molecule has 1 aromatic heterocycles. The molecular formula is C20H25N5O2. The highest BCUT2D eigenvalue weighted by Crippen LogP contribution is 2.38. The van der Waals surface area contributed by atoms with Gasteiger partial charge in [-0.05, 0) is 37.3 Å². The van der Waals surface area contributed by atoms with Crippen molar-refractivity contribution in [2.75, 3.05) is 25.0 Å². The first-order chi connectivity index (χ1) is 13.1. The van der Waals surface area contributed by atoms with Crippen LogP contribution in [0.2, 0.25) is 0 Å². The Kier molecular flexibility index (Phi) is 5.03. The molecule has 2 aromatic rings. The van der Waals surface area contributed by atoms with E-state index in [1.165, 1.54) is 12.8 Å². The van der Waals surface area contributed by atoms with Crippen molar-refractivity contribution < 1.29 is 4.92 Å². The number of nitro groups is 1. The average molecular weight is 367 g/mol. The normalized spacial score (nSPS) is 18.4. The number of nitro benzene ring substituents is 1. The van der Waals surface area contributed by atoms with Crippen LogP contribution in [0.15, 0.2) is 36.5 Å². The first-order valence-electron chi connectivity index (χ1n) is 9.61. The Labute approximate surface area is 159 Å². The fourth-order valence-corrected chi connectivity index (χ4v) is 3.78. The van der Waals surface area contributed by atoms with Crippen molar-refractivity contribution in [1.29, 1.82) is 0 Å². The van der Waals surface area contributed by atoms with Gasteiger partial charge in [0.05, 0.1) is 4.92 Å². The lowest BCUT2D eigenvalue weighted by Crippen LogP contribution is -2.43. The van der Waals surface area contributed by atoms with E-state index in [9.17, 15) is 10.1 Å². The first kappa shape index (κ1) is 17.9. The second-order valence-corrected chi connectivity index (χ2v) is 7.59. The molecule has 0 bridgehead atoms. The number of aromatic nitrogens is 2. The monoisotopic (exact) mass is 367 g/mol. The van der Waals surface area contributed by atoms with Crippen LogP contribution in [0, 0.1) is 10.1 Å². The first-order valence-corrected chi connectivity index (χ1v) is 9.61. The van der Waals surface area contributed by atoms with Gasteiger partial charge in [-0.3, -0.25) is 15.0 Å². The molecule has 0 N–H and O–H groups in total. The molecule has 27 heavy (non-hydrogen) atoms. The third-order valence-electron chi connectivity index (χ3n) is 5.60. The second kappa shape index (κ2) is 7.60. The zero-order valence-electron chi connectivity index (χ0n) is 15.6. The van der Waals surface area contributed by atoms with Crippen LogP contribution in [0.5, 0.6) is 0 Å². The molecule has 2 fully saturated rings. The van der Waals surface area contributed by atoms with Crippen LogP contribution in [0.1, 0.15) is 43.0 Å². The average Bonchev–Trinajstić information content (AvgIpc) is 3.54. The lowest BCUT2D eigenvalue weighted by atomic mass is 10.0. The molecule has 0 radical (unpaired) electrons. The van der Waals surface area contributed by atoms with Gasteiger partial charge in [-0.1, -0.05) is 12.1 Å². The van der Waals surface area contributed by atoms with Crippen molar-refractivity contribution in [1.82, 2.24) is 14.9 Å². The molecule has 0 atom stereocenters. The smallest absolute Gasteiger partial charge is 0.269 e. The van der Waals surface area contributed by atoms with Crippen molar-refractivity contribution in [3.63, 3.8) is 0 Å². The number of nitrogens with zero attached hydrogens (tertiary/aromatic N) is 5. The number of non-ortho nitro benzene ring substituents is 1. The Morgan fingerprint density at radius 2 is 2.00 bits per heavy atom. The Morgan fingerprint density at radius 3 is 2.70 bits per heavy atom. The van der Waals surface area contributed by atoms with Crippen LogP contribution in [0.4, 0.5) is 11.5 Å². The van der Waals surface area contributed by atoms with Gasteiger partial charge >= 0.3 is 0 Å².